The van der Waals surface area contributed by atoms with E-state index in [1.54, 1.807) is 42.3 Å². The lowest BCUT2D eigenvalue weighted by Gasteiger charge is -2.33. The Morgan fingerprint density at radius 1 is 1.28 bits per heavy atom. The van der Waals surface area contributed by atoms with Gasteiger partial charge in [-0.15, -0.1) is 0 Å². The van der Waals surface area contributed by atoms with Crippen molar-refractivity contribution in [2.24, 2.45) is 5.92 Å². The van der Waals surface area contributed by atoms with Crippen molar-refractivity contribution in [3.63, 3.8) is 0 Å². The van der Waals surface area contributed by atoms with Crippen LogP contribution in [0.2, 0.25) is 5.02 Å². The van der Waals surface area contributed by atoms with Gasteiger partial charge in [0.15, 0.2) is 6.10 Å². The van der Waals surface area contributed by atoms with Crippen LogP contribution in [0.1, 0.15) is 25.3 Å². The molecule has 1 aliphatic rings. The van der Waals surface area contributed by atoms with Gasteiger partial charge in [0.1, 0.15) is 11.6 Å². The molecule has 1 aromatic carbocycles. The molecule has 1 N–H and O–H groups in total. The van der Waals surface area contributed by atoms with Gasteiger partial charge in [-0.2, -0.15) is 0 Å². The largest absolute Gasteiger partial charge is 0.480 e. The normalized spacial score (nSPS) is 15.7. The predicted molar refractivity (Wildman–Crippen MR) is 116 cm³/mol. The number of halogens is 2. The summed E-state index contributed by atoms with van der Waals surface area (Å²) in [7, 11) is 0. The summed E-state index contributed by atoms with van der Waals surface area (Å²) in [6, 6.07) is 8.86. The summed E-state index contributed by atoms with van der Waals surface area (Å²) in [5.41, 5.74) is 1.04. The maximum absolute atomic E-state index is 12.7. The topological polar surface area (TPSA) is 71.5 Å². The molecular formula is C21H23BrClN3O3. The van der Waals surface area contributed by atoms with Crippen molar-refractivity contribution >= 4 is 45.2 Å². The summed E-state index contributed by atoms with van der Waals surface area (Å²) >= 11 is 9.33. The number of nitrogens with zero attached hydrogens (tertiary/aromatic N) is 2. The van der Waals surface area contributed by atoms with E-state index >= 15 is 0 Å². The van der Waals surface area contributed by atoms with E-state index in [1.165, 1.54) is 0 Å². The highest BCUT2D eigenvalue weighted by Crippen LogP contribution is 2.29. The average molecular weight is 481 g/mol. The van der Waals surface area contributed by atoms with Gasteiger partial charge in [-0.3, -0.25) is 9.59 Å². The number of likely N-dealkylation sites (tertiary alicyclic amines) is 1. The monoisotopic (exact) mass is 479 g/mol. The number of hydrogen-bond acceptors (Lipinski definition) is 4. The van der Waals surface area contributed by atoms with Crippen molar-refractivity contribution in [2.75, 3.05) is 18.4 Å². The van der Waals surface area contributed by atoms with E-state index in [4.69, 9.17) is 16.3 Å². The molecule has 154 valence electrons. The van der Waals surface area contributed by atoms with Crippen molar-refractivity contribution < 1.29 is 14.3 Å². The van der Waals surface area contributed by atoms with E-state index in [0.29, 0.717) is 47.0 Å². The van der Waals surface area contributed by atoms with Crippen molar-refractivity contribution in [2.45, 2.75) is 32.8 Å². The minimum absolute atomic E-state index is 0.0529. The SMILES string of the molecule is Cc1ccc(NC(=O)C2CCN(C(=O)C(C)Oc3ccc(Cl)cc3Br)CC2)nc1. The second kappa shape index (κ2) is 9.59. The maximum atomic E-state index is 12.7. The highest BCUT2D eigenvalue weighted by atomic mass is 79.9. The molecule has 0 bridgehead atoms. The highest BCUT2D eigenvalue weighted by Gasteiger charge is 2.30. The fraction of sp³-hybridized carbons (Fsp3) is 0.381. The van der Waals surface area contributed by atoms with Crippen molar-refractivity contribution in [3.8, 4) is 5.75 Å². The molecule has 29 heavy (non-hydrogen) atoms. The number of benzene rings is 1. The Morgan fingerprint density at radius 3 is 2.62 bits per heavy atom. The molecule has 0 saturated carbocycles. The second-order valence-electron chi connectivity index (χ2n) is 7.14. The molecule has 1 aliphatic heterocycles. The van der Waals surface area contributed by atoms with E-state index < -0.39 is 6.10 Å². The molecule has 6 nitrogen and oxygen atoms in total. The summed E-state index contributed by atoms with van der Waals surface area (Å²) in [5, 5.41) is 3.44. The smallest absolute Gasteiger partial charge is 0.263 e. The first-order chi connectivity index (χ1) is 13.8. The Kier molecular flexibility index (Phi) is 7.14. The quantitative estimate of drug-likeness (QED) is 0.686. The lowest BCUT2D eigenvalue weighted by Crippen LogP contribution is -2.46. The molecule has 1 unspecified atom stereocenters. The van der Waals surface area contributed by atoms with E-state index in [-0.39, 0.29) is 17.7 Å². The first-order valence-corrected chi connectivity index (χ1v) is 10.6. The molecule has 1 atom stereocenters. The van der Waals surface area contributed by atoms with Crippen LogP contribution in [0.25, 0.3) is 0 Å². The Bertz CT molecular complexity index is 883. The molecular weight excluding hydrogens is 458 g/mol. The number of nitrogens with one attached hydrogen (secondary N) is 1. The number of carbonyl (C=O) groups excluding carboxylic acids is 2. The third kappa shape index (κ3) is 5.70. The highest BCUT2D eigenvalue weighted by molar-refractivity contribution is 9.10. The first kappa shape index (κ1) is 21.6. The van der Waals surface area contributed by atoms with Gasteiger partial charge in [-0.1, -0.05) is 17.7 Å². The molecule has 2 aromatic rings. The molecule has 3 rings (SSSR count). The predicted octanol–water partition coefficient (Wildman–Crippen LogP) is 4.45. The van der Waals surface area contributed by atoms with E-state index in [2.05, 4.69) is 26.2 Å². The number of hydrogen-bond donors (Lipinski definition) is 1. The van der Waals surface area contributed by atoms with Gasteiger partial charge in [-0.25, -0.2) is 4.98 Å². The summed E-state index contributed by atoms with van der Waals surface area (Å²) in [4.78, 5) is 31.2. The molecule has 1 aromatic heterocycles. The second-order valence-corrected chi connectivity index (χ2v) is 8.44. The van der Waals surface area contributed by atoms with Gasteiger partial charge in [0, 0.05) is 30.2 Å². The molecule has 2 heterocycles. The Hall–Kier alpha value is -2.12. The number of carbonyl (C=O) groups is 2. The molecule has 8 heteroatoms. The third-order valence-electron chi connectivity index (χ3n) is 4.89. The zero-order valence-electron chi connectivity index (χ0n) is 16.3. The molecule has 0 spiro atoms. The van der Waals surface area contributed by atoms with Crippen molar-refractivity contribution in [3.05, 3.63) is 51.6 Å². The van der Waals surface area contributed by atoms with Crippen LogP contribution in [0, 0.1) is 12.8 Å². The molecule has 2 amide bonds. The fourth-order valence-electron chi connectivity index (χ4n) is 3.20. The summed E-state index contributed by atoms with van der Waals surface area (Å²) < 4.78 is 6.49. The zero-order chi connectivity index (χ0) is 21.0. The summed E-state index contributed by atoms with van der Waals surface area (Å²) in [5.74, 6) is 0.835. The Labute approximate surface area is 183 Å². The van der Waals surface area contributed by atoms with E-state index in [1.807, 2.05) is 13.0 Å². The zero-order valence-corrected chi connectivity index (χ0v) is 18.7. The number of rotatable bonds is 5. The molecule has 0 aliphatic carbocycles. The van der Waals surface area contributed by atoms with Crippen LogP contribution < -0.4 is 10.1 Å². The van der Waals surface area contributed by atoms with Crippen LogP contribution in [0.4, 0.5) is 5.82 Å². The van der Waals surface area contributed by atoms with Crippen molar-refractivity contribution in [1.29, 1.82) is 0 Å². The minimum Gasteiger partial charge on any atom is -0.480 e. The average Bonchev–Trinajstić information content (AvgIpc) is 2.71. The van der Waals surface area contributed by atoms with Gasteiger partial charge in [-0.05, 0) is 72.4 Å². The minimum atomic E-state index is -0.630. The van der Waals surface area contributed by atoms with Crippen molar-refractivity contribution in [1.82, 2.24) is 9.88 Å². The Morgan fingerprint density at radius 2 is 2.00 bits per heavy atom. The van der Waals surface area contributed by atoms with Gasteiger partial charge in [0.05, 0.1) is 4.47 Å². The van der Waals surface area contributed by atoms with E-state index in [9.17, 15) is 9.59 Å². The van der Waals surface area contributed by atoms with Crippen LogP contribution in [0.5, 0.6) is 5.75 Å². The number of aryl methyl sites for hydroxylation is 1. The number of aromatic nitrogens is 1. The van der Waals surface area contributed by atoms with Gasteiger partial charge >= 0.3 is 0 Å². The fourth-order valence-corrected chi connectivity index (χ4v) is 3.98. The molecule has 0 radical (unpaired) electrons. The number of amides is 2. The number of ether oxygens (including phenoxy) is 1. The number of piperidine rings is 1. The van der Waals surface area contributed by atoms with Crippen LogP contribution >= 0.6 is 27.5 Å². The standard InChI is InChI=1S/C21H23BrClN3O3/c1-13-3-6-19(24-12-13)25-20(27)15-7-9-26(10-8-15)21(28)14(2)29-18-5-4-16(23)11-17(18)22/h3-6,11-12,14-15H,7-10H2,1-2H3,(H,24,25,27). The van der Waals surface area contributed by atoms with Crippen LogP contribution in [-0.4, -0.2) is 40.9 Å². The molecule has 1 fully saturated rings. The van der Waals surface area contributed by atoms with Crippen LogP contribution in [-0.2, 0) is 9.59 Å². The Balaban J connectivity index is 1.50. The third-order valence-corrected chi connectivity index (χ3v) is 5.74. The number of pyridine rings is 1. The molecule has 1 saturated heterocycles. The van der Waals surface area contributed by atoms with Gasteiger partial charge < -0.3 is 15.0 Å². The number of anilines is 1. The lowest BCUT2D eigenvalue weighted by molar-refractivity contribution is -0.140. The maximum Gasteiger partial charge on any atom is 0.263 e. The summed E-state index contributed by atoms with van der Waals surface area (Å²) in [6.07, 6.45) is 2.31. The van der Waals surface area contributed by atoms with E-state index in [0.717, 1.165) is 5.56 Å². The van der Waals surface area contributed by atoms with Gasteiger partial charge in [0.2, 0.25) is 5.91 Å². The first-order valence-electron chi connectivity index (χ1n) is 9.47. The van der Waals surface area contributed by atoms with Gasteiger partial charge in [0.25, 0.3) is 5.91 Å². The lowest BCUT2D eigenvalue weighted by atomic mass is 9.95. The van der Waals surface area contributed by atoms with Crippen LogP contribution in [0.15, 0.2) is 41.0 Å². The van der Waals surface area contributed by atoms with Crippen LogP contribution in [0.3, 0.4) is 0 Å². The summed E-state index contributed by atoms with van der Waals surface area (Å²) in [6.45, 7) is 4.72.